The quantitative estimate of drug-likeness (QED) is 0.847. The van der Waals surface area contributed by atoms with Crippen LogP contribution < -0.4 is 5.32 Å². The maximum Gasteiger partial charge on any atom is 0.0950 e. The van der Waals surface area contributed by atoms with Gasteiger partial charge in [0.2, 0.25) is 0 Å². The number of aliphatic hydroxyl groups is 1. The molecular weight excluding hydrogens is 214 g/mol. The van der Waals surface area contributed by atoms with Gasteiger partial charge in [0.25, 0.3) is 0 Å². The topological polar surface area (TPSA) is 58.0 Å². The zero-order valence-corrected chi connectivity index (χ0v) is 10.1. The third-order valence-electron chi connectivity index (χ3n) is 2.76. The van der Waals surface area contributed by atoms with Gasteiger partial charge in [-0.2, -0.15) is 10.2 Å². The van der Waals surface area contributed by atoms with Gasteiger partial charge in [-0.25, -0.2) is 0 Å². The SMILES string of the molecule is CC(C)(CCO)Nc1cnnc2ccccc12. The molecule has 2 rings (SSSR count). The minimum atomic E-state index is -0.166. The van der Waals surface area contributed by atoms with Crippen molar-refractivity contribution < 1.29 is 5.11 Å². The van der Waals surface area contributed by atoms with Gasteiger partial charge in [-0.3, -0.25) is 0 Å². The number of nitrogens with one attached hydrogen (secondary N) is 1. The molecule has 0 spiro atoms. The van der Waals surface area contributed by atoms with Gasteiger partial charge in [0.15, 0.2) is 0 Å². The van der Waals surface area contributed by atoms with E-state index in [0.29, 0.717) is 6.42 Å². The van der Waals surface area contributed by atoms with Crippen molar-refractivity contribution >= 4 is 16.6 Å². The molecule has 1 aromatic heterocycles. The third-order valence-corrected chi connectivity index (χ3v) is 2.76. The molecule has 0 fully saturated rings. The fourth-order valence-electron chi connectivity index (χ4n) is 1.81. The van der Waals surface area contributed by atoms with E-state index in [4.69, 9.17) is 5.11 Å². The van der Waals surface area contributed by atoms with Crippen LogP contribution in [0, 0.1) is 0 Å². The zero-order chi connectivity index (χ0) is 12.3. The molecule has 0 radical (unpaired) electrons. The van der Waals surface area contributed by atoms with Crippen LogP contribution in [-0.2, 0) is 0 Å². The molecule has 1 aromatic carbocycles. The molecule has 4 heteroatoms. The summed E-state index contributed by atoms with van der Waals surface area (Å²) in [6.45, 7) is 4.27. The summed E-state index contributed by atoms with van der Waals surface area (Å²) in [4.78, 5) is 0. The number of aliphatic hydroxyl groups excluding tert-OH is 1. The summed E-state index contributed by atoms with van der Waals surface area (Å²) in [7, 11) is 0. The van der Waals surface area contributed by atoms with Crippen LogP contribution in [0.4, 0.5) is 5.69 Å². The van der Waals surface area contributed by atoms with E-state index in [0.717, 1.165) is 16.6 Å². The van der Waals surface area contributed by atoms with Crippen LogP contribution in [-0.4, -0.2) is 27.4 Å². The lowest BCUT2D eigenvalue weighted by Gasteiger charge is -2.27. The highest BCUT2D eigenvalue weighted by atomic mass is 16.3. The number of rotatable bonds is 4. The number of fused-ring (bicyclic) bond motifs is 1. The molecule has 1 heterocycles. The molecule has 0 unspecified atom stereocenters. The van der Waals surface area contributed by atoms with E-state index in [9.17, 15) is 0 Å². The Balaban J connectivity index is 2.36. The Labute approximate surface area is 101 Å². The van der Waals surface area contributed by atoms with Crippen molar-refractivity contribution in [2.75, 3.05) is 11.9 Å². The molecule has 0 aliphatic rings. The number of aromatic nitrogens is 2. The summed E-state index contributed by atoms with van der Waals surface area (Å²) in [6.07, 6.45) is 2.41. The highest BCUT2D eigenvalue weighted by Gasteiger charge is 2.17. The second kappa shape index (κ2) is 4.67. The van der Waals surface area contributed by atoms with Gasteiger partial charge >= 0.3 is 0 Å². The molecule has 0 saturated carbocycles. The van der Waals surface area contributed by atoms with Crippen LogP contribution >= 0.6 is 0 Å². The minimum Gasteiger partial charge on any atom is -0.396 e. The number of anilines is 1. The number of benzene rings is 1. The molecule has 0 aliphatic heterocycles. The predicted octanol–water partition coefficient (Wildman–Crippen LogP) is 2.20. The van der Waals surface area contributed by atoms with Crippen LogP contribution in [0.1, 0.15) is 20.3 Å². The van der Waals surface area contributed by atoms with E-state index in [2.05, 4.69) is 29.4 Å². The Morgan fingerprint density at radius 2 is 2.06 bits per heavy atom. The predicted molar refractivity (Wildman–Crippen MR) is 68.9 cm³/mol. The van der Waals surface area contributed by atoms with Crippen LogP contribution in [0.25, 0.3) is 10.9 Å². The Morgan fingerprint density at radius 1 is 1.29 bits per heavy atom. The Morgan fingerprint density at radius 3 is 2.82 bits per heavy atom. The van der Waals surface area contributed by atoms with Crippen molar-refractivity contribution in [3.63, 3.8) is 0 Å². The second-order valence-corrected chi connectivity index (χ2v) is 4.76. The van der Waals surface area contributed by atoms with Crippen molar-refractivity contribution in [1.82, 2.24) is 10.2 Å². The fourth-order valence-corrected chi connectivity index (χ4v) is 1.81. The van der Waals surface area contributed by atoms with Crippen LogP contribution in [0.15, 0.2) is 30.5 Å². The molecule has 2 N–H and O–H groups in total. The Kier molecular flexibility index (Phi) is 3.24. The number of hydrogen-bond donors (Lipinski definition) is 2. The van der Waals surface area contributed by atoms with Crippen LogP contribution in [0.3, 0.4) is 0 Å². The van der Waals surface area contributed by atoms with Gasteiger partial charge in [-0.15, -0.1) is 0 Å². The third kappa shape index (κ3) is 2.71. The number of hydrogen-bond acceptors (Lipinski definition) is 4. The molecule has 0 saturated heterocycles. The van der Waals surface area contributed by atoms with Crippen LogP contribution in [0.5, 0.6) is 0 Å². The van der Waals surface area contributed by atoms with Crippen molar-refractivity contribution in [3.8, 4) is 0 Å². The van der Waals surface area contributed by atoms with Crippen LogP contribution in [0.2, 0.25) is 0 Å². The van der Waals surface area contributed by atoms with Crippen molar-refractivity contribution in [2.45, 2.75) is 25.8 Å². The molecule has 4 nitrogen and oxygen atoms in total. The first kappa shape index (κ1) is 11.8. The Bertz CT molecular complexity index is 505. The lowest BCUT2D eigenvalue weighted by atomic mass is 10.0. The van der Waals surface area contributed by atoms with Crippen molar-refractivity contribution in [3.05, 3.63) is 30.5 Å². The van der Waals surface area contributed by atoms with Gasteiger partial charge in [0.1, 0.15) is 0 Å². The maximum atomic E-state index is 9.03. The van der Waals surface area contributed by atoms with E-state index in [1.54, 1.807) is 6.20 Å². The average molecular weight is 231 g/mol. The molecule has 2 aromatic rings. The van der Waals surface area contributed by atoms with E-state index < -0.39 is 0 Å². The average Bonchev–Trinajstić information content (AvgIpc) is 2.29. The summed E-state index contributed by atoms with van der Waals surface area (Å²) < 4.78 is 0. The molecule has 0 bridgehead atoms. The van der Waals surface area contributed by atoms with Crippen molar-refractivity contribution in [1.29, 1.82) is 0 Å². The summed E-state index contributed by atoms with van der Waals surface area (Å²) in [5.41, 5.74) is 1.66. The highest BCUT2D eigenvalue weighted by Crippen LogP contribution is 2.24. The maximum absolute atomic E-state index is 9.03. The molecule has 0 atom stereocenters. The van der Waals surface area contributed by atoms with Crippen molar-refractivity contribution in [2.24, 2.45) is 0 Å². The van der Waals surface area contributed by atoms with Gasteiger partial charge in [-0.1, -0.05) is 18.2 Å². The minimum absolute atomic E-state index is 0.163. The Hall–Kier alpha value is -1.68. The molecule has 0 aliphatic carbocycles. The molecule has 17 heavy (non-hydrogen) atoms. The highest BCUT2D eigenvalue weighted by molar-refractivity contribution is 5.90. The summed E-state index contributed by atoms with van der Waals surface area (Å²) in [5, 5.41) is 21.5. The van der Waals surface area contributed by atoms with Gasteiger partial charge in [0, 0.05) is 17.5 Å². The van der Waals surface area contributed by atoms with E-state index >= 15 is 0 Å². The standard InChI is InChI=1S/C13H17N3O/c1-13(2,7-8-17)15-12-9-14-16-11-6-4-3-5-10(11)12/h3-6,9,17H,7-8H2,1-2H3,(H,15,16). The molecule has 0 amide bonds. The van der Waals surface area contributed by atoms with Gasteiger partial charge < -0.3 is 10.4 Å². The first-order valence-corrected chi connectivity index (χ1v) is 5.72. The normalized spacial score (nSPS) is 11.7. The first-order chi connectivity index (χ1) is 8.12. The fraction of sp³-hybridized carbons (Fsp3) is 0.385. The lowest BCUT2D eigenvalue weighted by molar-refractivity contribution is 0.261. The molecular formula is C13H17N3O. The zero-order valence-electron chi connectivity index (χ0n) is 10.1. The van der Waals surface area contributed by atoms with E-state index in [1.807, 2.05) is 24.3 Å². The summed E-state index contributed by atoms with van der Waals surface area (Å²) >= 11 is 0. The number of nitrogens with zero attached hydrogens (tertiary/aromatic N) is 2. The first-order valence-electron chi connectivity index (χ1n) is 5.72. The summed E-state index contributed by atoms with van der Waals surface area (Å²) in [6, 6.07) is 7.88. The van der Waals surface area contributed by atoms with Gasteiger partial charge in [0.05, 0.1) is 17.4 Å². The largest absolute Gasteiger partial charge is 0.396 e. The lowest BCUT2D eigenvalue weighted by Crippen LogP contribution is -2.32. The monoisotopic (exact) mass is 231 g/mol. The second-order valence-electron chi connectivity index (χ2n) is 4.76. The molecule has 90 valence electrons. The van der Waals surface area contributed by atoms with E-state index in [-0.39, 0.29) is 12.1 Å². The smallest absolute Gasteiger partial charge is 0.0950 e. The van der Waals surface area contributed by atoms with Gasteiger partial charge in [-0.05, 0) is 26.3 Å². The summed E-state index contributed by atoms with van der Waals surface area (Å²) in [5.74, 6) is 0. The van der Waals surface area contributed by atoms with E-state index in [1.165, 1.54) is 0 Å².